The van der Waals surface area contributed by atoms with E-state index < -0.39 is 0 Å². The third-order valence-electron chi connectivity index (χ3n) is 4.31. The second-order valence-electron chi connectivity index (χ2n) is 5.93. The van der Waals surface area contributed by atoms with Crippen molar-refractivity contribution in [3.63, 3.8) is 0 Å². The van der Waals surface area contributed by atoms with Crippen LogP contribution in [-0.2, 0) is 0 Å². The maximum absolute atomic E-state index is 6.21. The van der Waals surface area contributed by atoms with Gasteiger partial charge < -0.3 is 19.1 Å². The van der Waals surface area contributed by atoms with Crippen molar-refractivity contribution >= 4 is 5.82 Å². The lowest BCUT2D eigenvalue weighted by Crippen LogP contribution is -2.38. The lowest BCUT2D eigenvalue weighted by molar-refractivity contribution is 0.158. The van der Waals surface area contributed by atoms with Gasteiger partial charge in [-0.05, 0) is 31.2 Å². The summed E-state index contributed by atoms with van der Waals surface area (Å²) in [6, 6.07) is 11.8. The predicted octanol–water partition coefficient (Wildman–Crippen LogP) is 3.46. The molecule has 0 atom stereocenters. The number of ether oxygens (including phenoxy) is 3. The lowest BCUT2D eigenvalue weighted by Gasteiger charge is -2.33. The van der Waals surface area contributed by atoms with Gasteiger partial charge in [-0.1, -0.05) is 12.1 Å². The van der Waals surface area contributed by atoms with Crippen LogP contribution < -0.4 is 19.1 Å². The largest absolute Gasteiger partial charge is 0.493 e. The fourth-order valence-electron chi connectivity index (χ4n) is 3.01. The van der Waals surface area contributed by atoms with Gasteiger partial charge in [-0.2, -0.15) is 0 Å². The molecule has 1 saturated heterocycles. The molecule has 1 fully saturated rings. The summed E-state index contributed by atoms with van der Waals surface area (Å²) in [4.78, 5) is 6.92. The van der Waals surface area contributed by atoms with E-state index in [-0.39, 0.29) is 6.10 Å². The third-order valence-corrected chi connectivity index (χ3v) is 4.31. The zero-order valence-corrected chi connectivity index (χ0v) is 14.5. The van der Waals surface area contributed by atoms with Gasteiger partial charge in [0.1, 0.15) is 11.9 Å². The Morgan fingerprint density at radius 3 is 2.17 bits per heavy atom. The molecule has 0 amide bonds. The van der Waals surface area contributed by atoms with Crippen LogP contribution in [0.5, 0.6) is 17.2 Å². The Bertz CT molecular complexity index is 660. The third kappa shape index (κ3) is 3.55. The first-order chi connectivity index (χ1) is 11.7. The average Bonchev–Trinajstić information content (AvgIpc) is 2.62. The normalized spacial score (nSPS) is 15.2. The van der Waals surface area contributed by atoms with Crippen LogP contribution in [0.15, 0.2) is 36.4 Å². The van der Waals surface area contributed by atoms with E-state index in [4.69, 9.17) is 14.2 Å². The van der Waals surface area contributed by atoms with Gasteiger partial charge in [0.05, 0.1) is 14.2 Å². The molecular weight excluding hydrogens is 304 g/mol. The van der Waals surface area contributed by atoms with Crippen molar-refractivity contribution in [1.29, 1.82) is 0 Å². The van der Waals surface area contributed by atoms with Crippen LogP contribution in [0.1, 0.15) is 18.5 Å². The molecule has 2 heterocycles. The SMILES string of the molecule is COc1cccc(OC)c1OC1CCN(c2cccc(C)n2)CC1. The van der Waals surface area contributed by atoms with Gasteiger partial charge in [-0.15, -0.1) is 0 Å². The summed E-state index contributed by atoms with van der Waals surface area (Å²) >= 11 is 0. The number of hydrogen-bond acceptors (Lipinski definition) is 5. The standard InChI is InChI=1S/C19H24N2O3/c1-14-6-4-9-18(20-14)21-12-10-15(11-13-21)24-19-16(22-2)7-5-8-17(19)23-3/h4-9,15H,10-13H2,1-3H3. The minimum absolute atomic E-state index is 0.149. The van der Waals surface area contributed by atoms with Crippen molar-refractivity contribution in [2.45, 2.75) is 25.9 Å². The Hall–Kier alpha value is -2.43. The van der Waals surface area contributed by atoms with E-state index in [2.05, 4.69) is 22.0 Å². The molecule has 5 heteroatoms. The van der Waals surface area contributed by atoms with Gasteiger partial charge in [-0.3, -0.25) is 0 Å². The molecule has 1 aromatic heterocycles. The van der Waals surface area contributed by atoms with Crippen LogP contribution >= 0.6 is 0 Å². The molecule has 3 rings (SSSR count). The summed E-state index contributed by atoms with van der Waals surface area (Å²) in [5, 5.41) is 0. The highest BCUT2D eigenvalue weighted by atomic mass is 16.5. The number of aryl methyl sites for hydroxylation is 1. The van der Waals surface area contributed by atoms with Gasteiger partial charge >= 0.3 is 0 Å². The van der Waals surface area contributed by atoms with Crippen molar-refractivity contribution in [1.82, 2.24) is 4.98 Å². The van der Waals surface area contributed by atoms with E-state index in [0.29, 0.717) is 17.2 Å². The summed E-state index contributed by atoms with van der Waals surface area (Å²) in [7, 11) is 3.29. The smallest absolute Gasteiger partial charge is 0.203 e. The van der Waals surface area contributed by atoms with E-state index >= 15 is 0 Å². The minimum atomic E-state index is 0.149. The maximum Gasteiger partial charge on any atom is 0.203 e. The lowest BCUT2D eigenvalue weighted by atomic mass is 10.1. The molecule has 2 aromatic rings. The monoisotopic (exact) mass is 328 g/mol. The zero-order chi connectivity index (χ0) is 16.9. The first-order valence-corrected chi connectivity index (χ1v) is 8.27. The average molecular weight is 328 g/mol. The van der Waals surface area contributed by atoms with Crippen molar-refractivity contribution in [2.75, 3.05) is 32.2 Å². The number of piperidine rings is 1. The number of rotatable bonds is 5. The fourth-order valence-corrected chi connectivity index (χ4v) is 3.01. The highest BCUT2D eigenvalue weighted by molar-refractivity contribution is 5.51. The topological polar surface area (TPSA) is 43.8 Å². The number of hydrogen-bond donors (Lipinski definition) is 0. The van der Waals surface area contributed by atoms with Crippen LogP contribution in [0, 0.1) is 6.92 Å². The Labute approximate surface area is 143 Å². The van der Waals surface area contributed by atoms with Crippen LogP contribution in [0.4, 0.5) is 5.82 Å². The number of nitrogens with zero attached hydrogens (tertiary/aromatic N) is 2. The summed E-state index contributed by atoms with van der Waals surface area (Å²) in [5.74, 6) is 3.15. The highest BCUT2D eigenvalue weighted by Gasteiger charge is 2.24. The zero-order valence-electron chi connectivity index (χ0n) is 14.5. The molecule has 1 aliphatic heterocycles. The first-order valence-electron chi connectivity index (χ1n) is 8.27. The molecule has 1 aliphatic rings. The Balaban J connectivity index is 1.66. The summed E-state index contributed by atoms with van der Waals surface area (Å²) in [5.41, 5.74) is 1.05. The number of anilines is 1. The molecule has 0 radical (unpaired) electrons. The van der Waals surface area contributed by atoms with E-state index in [0.717, 1.165) is 37.4 Å². The molecule has 24 heavy (non-hydrogen) atoms. The van der Waals surface area contributed by atoms with Crippen LogP contribution in [0.2, 0.25) is 0 Å². The maximum atomic E-state index is 6.21. The molecule has 0 spiro atoms. The molecule has 0 aliphatic carbocycles. The molecule has 0 bridgehead atoms. The molecular formula is C19H24N2O3. The molecule has 0 saturated carbocycles. The van der Waals surface area contributed by atoms with Crippen LogP contribution in [-0.4, -0.2) is 38.4 Å². The minimum Gasteiger partial charge on any atom is -0.493 e. The molecule has 1 aromatic carbocycles. The number of pyridine rings is 1. The van der Waals surface area contributed by atoms with E-state index in [1.54, 1.807) is 14.2 Å². The number of benzene rings is 1. The molecule has 0 N–H and O–H groups in total. The van der Waals surface area contributed by atoms with Crippen molar-refractivity contribution in [2.24, 2.45) is 0 Å². The van der Waals surface area contributed by atoms with Gasteiger partial charge in [-0.25, -0.2) is 4.98 Å². The van der Waals surface area contributed by atoms with E-state index in [9.17, 15) is 0 Å². The first kappa shape index (κ1) is 16.4. The van der Waals surface area contributed by atoms with E-state index in [1.807, 2.05) is 31.2 Å². The quantitative estimate of drug-likeness (QED) is 0.841. The molecule has 128 valence electrons. The van der Waals surface area contributed by atoms with Gasteiger partial charge in [0, 0.05) is 31.6 Å². The number of methoxy groups -OCH3 is 2. The Morgan fingerprint density at radius 2 is 1.58 bits per heavy atom. The summed E-state index contributed by atoms with van der Waals surface area (Å²) in [6.07, 6.45) is 2.03. The number of aromatic nitrogens is 1. The van der Waals surface area contributed by atoms with Crippen molar-refractivity contribution in [3.8, 4) is 17.2 Å². The van der Waals surface area contributed by atoms with Gasteiger partial charge in [0.2, 0.25) is 5.75 Å². The Morgan fingerprint density at radius 1 is 0.958 bits per heavy atom. The predicted molar refractivity (Wildman–Crippen MR) is 94.4 cm³/mol. The van der Waals surface area contributed by atoms with Crippen molar-refractivity contribution in [3.05, 3.63) is 42.1 Å². The van der Waals surface area contributed by atoms with Crippen LogP contribution in [0.3, 0.4) is 0 Å². The summed E-state index contributed by atoms with van der Waals surface area (Å²) in [6.45, 7) is 3.88. The second kappa shape index (κ2) is 7.43. The van der Waals surface area contributed by atoms with Crippen LogP contribution in [0.25, 0.3) is 0 Å². The fraction of sp³-hybridized carbons (Fsp3) is 0.421. The van der Waals surface area contributed by atoms with Crippen molar-refractivity contribution < 1.29 is 14.2 Å². The molecule has 0 unspecified atom stereocenters. The Kier molecular flexibility index (Phi) is 5.08. The second-order valence-corrected chi connectivity index (χ2v) is 5.93. The summed E-state index contributed by atoms with van der Waals surface area (Å²) < 4.78 is 17.0. The van der Waals surface area contributed by atoms with E-state index in [1.165, 1.54) is 0 Å². The van der Waals surface area contributed by atoms with Gasteiger partial charge in [0.25, 0.3) is 0 Å². The number of para-hydroxylation sites is 1. The highest BCUT2D eigenvalue weighted by Crippen LogP contribution is 2.38. The molecule has 5 nitrogen and oxygen atoms in total. The van der Waals surface area contributed by atoms with Gasteiger partial charge in [0.15, 0.2) is 11.5 Å².